The van der Waals surface area contributed by atoms with E-state index in [9.17, 15) is 14.0 Å². The van der Waals surface area contributed by atoms with Crippen molar-refractivity contribution in [2.75, 3.05) is 6.61 Å². The van der Waals surface area contributed by atoms with Gasteiger partial charge < -0.3 is 14.9 Å². The second-order valence-corrected chi connectivity index (χ2v) is 5.48. The highest BCUT2D eigenvalue weighted by Gasteiger charge is 2.30. The molecule has 1 unspecified atom stereocenters. The summed E-state index contributed by atoms with van der Waals surface area (Å²) < 4.78 is 24.2. The van der Waals surface area contributed by atoms with Gasteiger partial charge >= 0.3 is 11.9 Å². The average Bonchev–Trinajstić information content (AvgIpc) is 2.70. The topological polar surface area (TPSA) is 76.5 Å². The number of ether oxygens (including phenoxy) is 2. The van der Waals surface area contributed by atoms with Gasteiger partial charge in [-0.05, 0) is 30.1 Å². The molecule has 0 aliphatic rings. The largest absolute Gasteiger partial charge is 0.462 e. The molecule has 2 aromatic carbocycles. The molecule has 2 aromatic rings. The Bertz CT molecular complexity index is 742. The molecule has 132 valence electrons. The molecule has 0 bridgehead atoms. The van der Waals surface area contributed by atoms with E-state index in [2.05, 4.69) is 0 Å². The molecule has 0 aromatic heterocycles. The smallest absolute Gasteiger partial charge is 0.338 e. The molecular weight excluding hydrogens is 336 g/mol. The first-order chi connectivity index (χ1) is 12.5. The maximum absolute atomic E-state index is 14.0. The van der Waals surface area contributed by atoms with E-state index in [0.29, 0.717) is 11.8 Å². The van der Waals surface area contributed by atoms with Gasteiger partial charge in [0.05, 0.1) is 25.6 Å². The number of esters is 2. The van der Waals surface area contributed by atoms with Gasteiger partial charge in [0.1, 0.15) is 6.10 Å². The predicted molar refractivity (Wildman–Crippen MR) is 95.6 cm³/mol. The Labute approximate surface area is 152 Å². The number of hydrogen-bond acceptors (Lipinski definition) is 5. The minimum absolute atomic E-state index is 0.225. The van der Waals surface area contributed by atoms with Crippen LogP contribution in [0, 0.1) is 5.41 Å². The SMILES string of the molecule is [B][C@@H](COC(=O)c1ccccc1)C(OC(=O)c1ccccc1)[C@H](F)C=N. The number of benzene rings is 2. The summed E-state index contributed by atoms with van der Waals surface area (Å²) in [5.74, 6) is -2.53. The van der Waals surface area contributed by atoms with Crippen LogP contribution < -0.4 is 0 Å². The van der Waals surface area contributed by atoms with Crippen LogP contribution in [0.5, 0.6) is 0 Å². The van der Waals surface area contributed by atoms with Crippen LogP contribution in [0.4, 0.5) is 4.39 Å². The summed E-state index contributed by atoms with van der Waals surface area (Å²) in [5.41, 5.74) is 0.546. The first kappa shape index (κ1) is 19.4. The lowest BCUT2D eigenvalue weighted by molar-refractivity contribution is 0.00590. The zero-order chi connectivity index (χ0) is 18.9. The third-order valence-corrected chi connectivity index (χ3v) is 3.56. The van der Waals surface area contributed by atoms with Crippen LogP contribution in [0.15, 0.2) is 60.7 Å². The normalized spacial score (nSPS) is 13.9. The fraction of sp³-hybridized carbons (Fsp3) is 0.211. The lowest BCUT2D eigenvalue weighted by Crippen LogP contribution is -2.36. The summed E-state index contributed by atoms with van der Waals surface area (Å²) in [7, 11) is 5.85. The van der Waals surface area contributed by atoms with Crippen LogP contribution in [-0.2, 0) is 9.47 Å². The van der Waals surface area contributed by atoms with Gasteiger partial charge in [-0.1, -0.05) is 36.4 Å². The van der Waals surface area contributed by atoms with E-state index >= 15 is 0 Å². The molecule has 0 aliphatic heterocycles. The maximum atomic E-state index is 14.0. The van der Waals surface area contributed by atoms with Crippen molar-refractivity contribution in [3.05, 3.63) is 71.8 Å². The van der Waals surface area contributed by atoms with Crippen molar-refractivity contribution >= 4 is 26.0 Å². The van der Waals surface area contributed by atoms with Crippen molar-refractivity contribution in [1.82, 2.24) is 0 Å². The minimum Gasteiger partial charge on any atom is -0.462 e. The highest BCUT2D eigenvalue weighted by Crippen LogP contribution is 2.20. The van der Waals surface area contributed by atoms with Gasteiger partial charge in [-0.2, -0.15) is 0 Å². The van der Waals surface area contributed by atoms with Crippen molar-refractivity contribution in [2.45, 2.75) is 18.1 Å². The van der Waals surface area contributed by atoms with Crippen LogP contribution in [-0.4, -0.2) is 44.9 Å². The molecule has 0 fully saturated rings. The molecule has 0 spiro atoms. The molecule has 0 saturated carbocycles. The van der Waals surface area contributed by atoms with Crippen LogP contribution in [0.1, 0.15) is 20.7 Å². The zero-order valence-corrected chi connectivity index (χ0v) is 13.9. The predicted octanol–water partition coefficient (Wildman–Crippen LogP) is 3.01. The summed E-state index contributed by atoms with van der Waals surface area (Å²) in [6.45, 7) is -0.366. The van der Waals surface area contributed by atoms with Crippen molar-refractivity contribution in [3.8, 4) is 0 Å². The van der Waals surface area contributed by atoms with E-state index in [4.69, 9.17) is 22.7 Å². The molecule has 1 N–H and O–H groups in total. The molecular formula is C19H17BFNO4. The summed E-state index contributed by atoms with van der Waals surface area (Å²) in [6, 6.07) is 16.2. The minimum atomic E-state index is -1.92. The third kappa shape index (κ3) is 5.27. The van der Waals surface area contributed by atoms with E-state index in [1.165, 1.54) is 12.1 Å². The van der Waals surface area contributed by atoms with Gasteiger partial charge in [-0.15, -0.1) is 0 Å². The third-order valence-electron chi connectivity index (χ3n) is 3.56. The number of carbonyl (C=O) groups is 2. The van der Waals surface area contributed by atoms with Crippen molar-refractivity contribution in [2.24, 2.45) is 0 Å². The Morgan fingerprint density at radius 3 is 2.00 bits per heavy atom. The Hall–Kier alpha value is -2.96. The van der Waals surface area contributed by atoms with Gasteiger partial charge in [0.2, 0.25) is 0 Å². The second kappa shape index (κ2) is 9.51. The monoisotopic (exact) mass is 353 g/mol. The van der Waals surface area contributed by atoms with Crippen molar-refractivity contribution in [3.63, 3.8) is 0 Å². The quantitative estimate of drug-likeness (QED) is 0.450. The Kier molecular flexibility index (Phi) is 7.08. The maximum Gasteiger partial charge on any atom is 0.338 e. The average molecular weight is 353 g/mol. The molecule has 0 aliphatic carbocycles. The molecule has 3 atom stereocenters. The number of carbonyl (C=O) groups excluding carboxylic acids is 2. The Balaban J connectivity index is 2.00. The molecule has 5 nitrogen and oxygen atoms in total. The second-order valence-electron chi connectivity index (χ2n) is 5.48. The molecule has 0 saturated heterocycles. The van der Waals surface area contributed by atoms with Gasteiger partial charge in [0, 0.05) is 6.21 Å². The standard InChI is InChI=1S/C19H17BFNO4/c20-15(12-25-18(23)13-7-3-1-4-8-13)17(16(21)11-22)26-19(24)14-9-5-2-6-10-14/h1-11,15-17,22H,12H2/t15-,16+,17?/m0/s1. The van der Waals surface area contributed by atoms with Gasteiger partial charge in [0.15, 0.2) is 6.17 Å². The molecule has 0 amide bonds. The lowest BCUT2D eigenvalue weighted by Gasteiger charge is -2.25. The number of halogens is 1. The van der Waals surface area contributed by atoms with E-state index in [-0.39, 0.29) is 12.2 Å². The fourth-order valence-electron chi connectivity index (χ4n) is 2.17. The fourth-order valence-corrected chi connectivity index (χ4v) is 2.17. The first-order valence-corrected chi connectivity index (χ1v) is 7.91. The molecule has 7 heteroatoms. The zero-order valence-electron chi connectivity index (χ0n) is 13.9. The van der Waals surface area contributed by atoms with Crippen LogP contribution in [0.3, 0.4) is 0 Å². The number of hydrogen-bond donors (Lipinski definition) is 1. The molecule has 2 radical (unpaired) electrons. The van der Waals surface area contributed by atoms with Crippen LogP contribution in [0.2, 0.25) is 5.82 Å². The first-order valence-electron chi connectivity index (χ1n) is 7.91. The molecule has 2 rings (SSSR count). The van der Waals surface area contributed by atoms with Crippen LogP contribution >= 0.6 is 0 Å². The summed E-state index contributed by atoms with van der Waals surface area (Å²) in [5, 5.41) is 7.08. The van der Waals surface area contributed by atoms with Gasteiger partial charge in [-0.25, -0.2) is 14.0 Å². The van der Waals surface area contributed by atoms with Gasteiger partial charge in [0.25, 0.3) is 0 Å². The number of alkyl halides is 1. The van der Waals surface area contributed by atoms with Crippen molar-refractivity contribution in [1.29, 1.82) is 5.41 Å². The number of nitrogens with one attached hydrogen (secondary N) is 1. The van der Waals surface area contributed by atoms with Gasteiger partial charge in [-0.3, -0.25) is 0 Å². The van der Waals surface area contributed by atoms with E-state index in [0.717, 1.165) is 0 Å². The highest BCUT2D eigenvalue weighted by atomic mass is 19.1. The molecule has 0 heterocycles. The summed E-state index contributed by atoms with van der Waals surface area (Å²) >= 11 is 0. The summed E-state index contributed by atoms with van der Waals surface area (Å²) in [6.07, 6.45) is -2.89. The Morgan fingerprint density at radius 2 is 1.50 bits per heavy atom. The molecule has 26 heavy (non-hydrogen) atoms. The van der Waals surface area contributed by atoms with E-state index in [1.54, 1.807) is 48.5 Å². The van der Waals surface area contributed by atoms with Crippen molar-refractivity contribution < 1.29 is 23.5 Å². The number of rotatable bonds is 8. The van der Waals surface area contributed by atoms with Crippen LogP contribution in [0.25, 0.3) is 0 Å². The lowest BCUT2D eigenvalue weighted by atomic mass is 9.81. The summed E-state index contributed by atoms with van der Waals surface area (Å²) in [4.78, 5) is 24.0. The highest BCUT2D eigenvalue weighted by molar-refractivity contribution is 6.12. The van der Waals surface area contributed by atoms with E-state index < -0.39 is 30.0 Å². The Morgan fingerprint density at radius 1 is 1.00 bits per heavy atom. The van der Waals surface area contributed by atoms with E-state index in [1.807, 2.05) is 0 Å².